The van der Waals surface area contributed by atoms with Gasteiger partial charge in [-0.1, -0.05) is 47.0 Å². The van der Waals surface area contributed by atoms with Crippen LogP contribution < -0.4 is 27.4 Å². The highest BCUT2D eigenvalue weighted by atomic mass is 79.9. The third-order valence-corrected chi connectivity index (χ3v) is 4.63. The number of rotatable bonds is 7. The Morgan fingerprint density at radius 3 is 2.46 bits per heavy atom. The van der Waals surface area contributed by atoms with E-state index in [1.807, 2.05) is 60.1 Å². The summed E-state index contributed by atoms with van der Waals surface area (Å²) < 4.78 is 6.78. The molecule has 1 aromatic heterocycles. The number of nitrogens with two attached hydrogens (primary N) is 1. The third kappa shape index (κ3) is 5.20. The number of aromatic nitrogens is 2. The maximum absolute atomic E-state index is 11.5. The van der Waals surface area contributed by atoms with Crippen LogP contribution in [0.3, 0.4) is 0 Å². The first kappa shape index (κ1) is 22.1. The van der Waals surface area contributed by atoms with Crippen molar-refractivity contribution in [2.45, 2.75) is 32.7 Å². The normalized spacial score (nSPS) is 10.5. The van der Waals surface area contributed by atoms with E-state index in [2.05, 4.69) is 0 Å². The third-order valence-electron chi connectivity index (χ3n) is 4.38. The summed E-state index contributed by atoms with van der Waals surface area (Å²) in [4.78, 5) is 11.5. The minimum Gasteiger partial charge on any atom is -1.00 e. The van der Waals surface area contributed by atoms with Gasteiger partial charge >= 0.3 is 11.8 Å². The molecule has 148 valence electrons. The Balaban J connectivity index is 0.00000280. The number of fused-ring (bicyclic) bond motifs is 1. The molecule has 2 N–H and O–H groups in total. The van der Waals surface area contributed by atoms with Crippen molar-refractivity contribution in [2.75, 3.05) is 12.3 Å². The van der Waals surface area contributed by atoms with Crippen LogP contribution in [0.4, 0.5) is 5.82 Å². The number of ether oxygens (including phenoxy) is 1. The topological polar surface area (TPSA) is 69.1 Å². The number of esters is 1. The van der Waals surface area contributed by atoms with E-state index in [0.29, 0.717) is 30.4 Å². The summed E-state index contributed by atoms with van der Waals surface area (Å²) >= 11 is 6.02. The first-order chi connectivity index (χ1) is 13.1. The fourth-order valence-electron chi connectivity index (χ4n) is 3.04. The smallest absolute Gasteiger partial charge is 0.305 e. The van der Waals surface area contributed by atoms with Gasteiger partial charge in [0.05, 0.1) is 12.0 Å². The van der Waals surface area contributed by atoms with Crippen LogP contribution in [0.25, 0.3) is 22.0 Å². The zero-order chi connectivity index (χ0) is 19.2. The van der Waals surface area contributed by atoms with Gasteiger partial charge in [-0.25, -0.2) is 0 Å². The molecule has 7 heteroatoms. The molecule has 0 spiro atoms. The minimum absolute atomic E-state index is 0. The number of benzene rings is 2. The number of nitrogens with zero attached hydrogens (tertiary/aromatic N) is 2. The average Bonchev–Trinajstić information content (AvgIpc) is 2.68. The number of carbonyl (C=O) groups is 1. The zero-order valence-corrected chi connectivity index (χ0v) is 18.0. The maximum atomic E-state index is 11.5. The molecule has 0 saturated heterocycles. The molecule has 0 radical (unpaired) electrons. The van der Waals surface area contributed by atoms with Crippen LogP contribution in [0.2, 0.25) is 5.02 Å². The van der Waals surface area contributed by atoms with Crippen LogP contribution in [0.15, 0.2) is 48.5 Å². The van der Waals surface area contributed by atoms with Gasteiger partial charge in [0.25, 0.3) is 0 Å². The quantitative estimate of drug-likeness (QED) is 0.324. The Bertz CT molecular complexity index is 948. The summed E-state index contributed by atoms with van der Waals surface area (Å²) in [5.74, 6) is 0.461. The molecule has 0 unspecified atom stereocenters. The molecule has 0 aliphatic rings. The molecule has 0 amide bonds. The monoisotopic (exact) mass is 463 g/mol. The first-order valence-electron chi connectivity index (χ1n) is 9.10. The Kier molecular flexibility index (Phi) is 8.20. The van der Waals surface area contributed by atoms with Crippen LogP contribution in [0, 0.1) is 0 Å². The van der Waals surface area contributed by atoms with E-state index < -0.39 is 0 Å². The molecule has 0 saturated carbocycles. The van der Waals surface area contributed by atoms with Crippen LogP contribution in [0.1, 0.15) is 26.2 Å². The molecule has 3 rings (SSSR count). The Morgan fingerprint density at radius 1 is 1.11 bits per heavy atom. The fraction of sp³-hybridized carbons (Fsp3) is 0.286. The van der Waals surface area contributed by atoms with Crippen molar-refractivity contribution in [3.8, 4) is 11.3 Å². The molecule has 5 nitrogen and oxygen atoms in total. The number of carbonyl (C=O) groups excluding carboxylic acids is 1. The largest absolute Gasteiger partial charge is 1.00 e. The summed E-state index contributed by atoms with van der Waals surface area (Å²) in [6.07, 6.45) is 1.93. The molecular formula is C21H23BrClN3O2. The first-order valence-corrected chi connectivity index (χ1v) is 9.48. The number of halogens is 2. The van der Waals surface area contributed by atoms with Gasteiger partial charge in [0.1, 0.15) is 12.2 Å². The lowest BCUT2D eigenvalue weighted by atomic mass is 10.0. The van der Waals surface area contributed by atoms with Gasteiger partial charge in [-0.3, -0.25) is 10.5 Å². The number of aryl methyl sites for hydroxylation is 1. The van der Waals surface area contributed by atoms with Crippen LogP contribution in [-0.2, 0) is 16.1 Å². The molecule has 28 heavy (non-hydrogen) atoms. The van der Waals surface area contributed by atoms with E-state index in [1.54, 1.807) is 0 Å². The zero-order valence-electron chi connectivity index (χ0n) is 15.7. The molecule has 0 aliphatic carbocycles. The minimum atomic E-state index is -0.163. The van der Waals surface area contributed by atoms with Gasteiger partial charge in [-0.2, -0.15) is 0 Å². The molecule has 0 aliphatic heterocycles. The van der Waals surface area contributed by atoms with Crippen molar-refractivity contribution in [1.82, 2.24) is 5.10 Å². The van der Waals surface area contributed by atoms with Gasteiger partial charge in [-0.05, 0) is 38.0 Å². The Hall–Kier alpha value is -2.18. The number of unbranched alkanes of at least 4 members (excludes halogenated alkanes) is 1. The second-order valence-corrected chi connectivity index (χ2v) is 6.71. The maximum Gasteiger partial charge on any atom is 0.305 e. The van der Waals surface area contributed by atoms with Crippen LogP contribution >= 0.6 is 11.6 Å². The number of hydrogen-bond acceptors (Lipinski definition) is 4. The van der Waals surface area contributed by atoms with Crippen molar-refractivity contribution in [3.63, 3.8) is 0 Å². The predicted octanol–water partition coefficient (Wildman–Crippen LogP) is 1.16. The van der Waals surface area contributed by atoms with E-state index in [0.717, 1.165) is 34.9 Å². The predicted molar refractivity (Wildman–Crippen MR) is 107 cm³/mol. The Morgan fingerprint density at radius 2 is 1.79 bits per heavy atom. The Labute approximate surface area is 180 Å². The molecule has 0 atom stereocenters. The van der Waals surface area contributed by atoms with Crippen molar-refractivity contribution >= 4 is 34.2 Å². The average molecular weight is 465 g/mol. The number of nitrogen functional groups attached to an aromatic ring is 1. The van der Waals surface area contributed by atoms with Gasteiger partial charge < -0.3 is 21.7 Å². The second kappa shape index (κ2) is 10.4. The number of hydrogen-bond donors (Lipinski definition) is 1. The molecule has 1 heterocycles. The summed E-state index contributed by atoms with van der Waals surface area (Å²) in [6.45, 7) is 2.86. The second-order valence-electron chi connectivity index (χ2n) is 6.27. The van der Waals surface area contributed by atoms with Crippen molar-refractivity contribution in [3.05, 3.63) is 53.6 Å². The van der Waals surface area contributed by atoms with E-state index in [4.69, 9.17) is 27.2 Å². The fourth-order valence-corrected chi connectivity index (χ4v) is 3.16. The highest BCUT2D eigenvalue weighted by Gasteiger charge is 2.17. The van der Waals surface area contributed by atoms with Gasteiger partial charge in [-0.15, -0.1) is 4.68 Å². The van der Waals surface area contributed by atoms with E-state index in [9.17, 15) is 4.79 Å². The molecule has 0 fully saturated rings. The number of anilines is 1. The summed E-state index contributed by atoms with van der Waals surface area (Å²) in [7, 11) is 0. The molecule has 3 aromatic rings. The van der Waals surface area contributed by atoms with E-state index >= 15 is 0 Å². The lowest BCUT2D eigenvalue weighted by molar-refractivity contribution is -0.738. The van der Waals surface area contributed by atoms with Crippen LogP contribution in [-0.4, -0.2) is 17.7 Å². The van der Waals surface area contributed by atoms with Gasteiger partial charge in [0, 0.05) is 22.4 Å². The van der Waals surface area contributed by atoms with Crippen LogP contribution in [0.5, 0.6) is 0 Å². The van der Waals surface area contributed by atoms with Gasteiger partial charge in [0.15, 0.2) is 0 Å². The van der Waals surface area contributed by atoms with Crippen molar-refractivity contribution in [1.29, 1.82) is 0 Å². The standard InChI is InChI=1S/C21H22ClN3O2.BrH/c1-2-27-19(26)9-5-6-14-25-21(23)18-8-4-3-7-17(18)20(24-25)15-10-12-16(22)13-11-15;/h3-4,7-8,10-13,23H,2,5-6,9,14H2,1H3;1H. The van der Waals surface area contributed by atoms with Gasteiger partial charge in [0.2, 0.25) is 0 Å². The molecular weight excluding hydrogens is 442 g/mol. The van der Waals surface area contributed by atoms with Crippen molar-refractivity contribution in [2.24, 2.45) is 0 Å². The van der Waals surface area contributed by atoms with Crippen molar-refractivity contribution < 1.29 is 31.2 Å². The summed E-state index contributed by atoms with van der Waals surface area (Å²) in [5.41, 5.74) is 8.21. The van der Waals surface area contributed by atoms with E-state index in [-0.39, 0.29) is 23.0 Å². The lowest BCUT2D eigenvalue weighted by Crippen LogP contribution is -3.00. The summed E-state index contributed by atoms with van der Waals surface area (Å²) in [6, 6.07) is 15.6. The summed E-state index contributed by atoms with van der Waals surface area (Å²) in [5, 5.41) is 7.43. The highest BCUT2D eigenvalue weighted by Crippen LogP contribution is 2.28. The lowest BCUT2D eigenvalue weighted by Gasteiger charge is -2.10. The molecule has 2 aromatic carbocycles. The van der Waals surface area contributed by atoms with E-state index in [1.165, 1.54) is 0 Å². The SMILES string of the molecule is CCOC(=O)CCCC[n+]1nc(-c2ccc(Cl)cc2)c2ccccc2c1N.[Br-]. The highest BCUT2D eigenvalue weighted by molar-refractivity contribution is 6.30. The molecule has 0 bridgehead atoms.